The van der Waals surface area contributed by atoms with Crippen LogP contribution in [-0.4, -0.2) is 12.5 Å². The molecule has 3 N–H and O–H groups in total. The Morgan fingerprint density at radius 1 is 1.57 bits per heavy atom. The number of aryl methyl sites for hydroxylation is 1. The van der Waals surface area contributed by atoms with Gasteiger partial charge in [0.15, 0.2) is 0 Å². The molecule has 0 saturated carbocycles. The first kappa shape index (κ1) is 10.5. The third-order valence-corrected chi connectivity index (χ3v) is 1.81. The van der Waals surface area contributed by atoms with E-state index in [0.29, 0.717) is 17.9 Å². The van der Waals surface area contributed by atoms with Crippen LogP contribution in [0.4, 0.5) is 0 Å². The highest BCUT2D eigenvalue weighted by Crippen LogP contribution is 2.19. The molecule has 0 heterocycles. The van der Waals surface area contributed by atoms with Crippen molar-refractivity contribution in [2.45, 2.75) is 13.8 Å². The lowest BCUT2D eigenvalue weighted by Crippen LogP contribution is -2.30. The maximum Gasteiger partial charge on any atom is 0.268 e. The van der Waals surface area contributed by atoms with E-state index in [4.69, 9.17) is 10.6 Å². The van der Waals surface area contributed by atoms with Crippen LogP contribution in [0.2, 0.25) is 0 Å². The molecular weight excluding hydrogens is 180 g/mol. The van der Waals surface area contributed by atoms with Gasteiger partial charge in [-0.05, 0) is 31.5 Å². The molecule has 4 heteroatoms. The van der Waals surface area contributed by atoms with Crippen LogP contribution in [0.3, 0.4) is 0 Å². The fraction of sp³-hybridized carbons (Fsp3) is 0.300. The molecular formula is C10H14N2O2. The first-order valence-electron chi connectivity index (χ1n) is 4.43. The second-order valence-corrected chi connectivity index (χ2v) is 2.91. The number of benzene rings is 1. The van der Waals surface area contributed by atoms with Crippen LogP contribution in [0.1, 0.15) is 22.8 Å². The number of nitrogens with one attached hydrogen (secondary N) is 1. The van der Waals surface area contributed by atoms with Crippen LogP contribution in [0.15, 0.2) is 18.2 Å². The van der Waals surface area contributed by atoms with Gasteiger partial charge in [-0.1, -0.05) is 6.07 Å². The van der Waals surface area contributed by atoms with E-state index in [9.17, 15) is 4.79 Å². The lowest BCUT2D eigenvalue weighted by Gasteiger charge is -2.09. The predicted octanol–water partition coefficient (Wildman–Crippen LogP) is 0.997. The van der Waals surface area contributed by atoms with Gasteiger partial charge in [-0.25, -0.2) is 5.84 Å². The van der Waals surface area contributed by atoms with Gasteiger partial charge in [0, 0.05) is 0 Å². The van der Waals surface area contributed by atoms with Crippen molar-refractivity contribution in [3.63, 3.8) is 0 Å². The molecule has 0 spiro atoms. The van der Waals surface area contributed by atoms with E-state index in [-0.39, 0.29) is 5.91 Å². The third kappa shape index (κ3) is 2.23. The molecule has 0 atom stereocenters. The molecule has 76 valence electrons. The van der Waals surface area contributed by atoms with Crippen LogP contribution in [0, 0.1) is 6.92 Å². The summed E-state index contributed by atoms with van der Waals surface area (Å²) in [5.41, 5.74) is 3.58. The summed E-state index contributed by atoms with van der Waals surface area (Å²) in [7, 11) is 0. The van der Waals surface area contributed by atoms with Gasteiger partial charge in [0.1, 0.15) is 5.75 Å². The fourth-order valence-electron chi connectivity index (χ4n) is 1.17. The van der Waals surface area contributed by atoms with Crippen molar-refractivity contribution in [2.24, 2.45) is 5.84 Å². The molecule has 0 radical (unpaired) electrons. The zero-order chi connectivity index (χ0) is 10.6. The summed E-state index contributed by atoms with van der Waals surface area (Å²) in [6.45, 7) is 4.33. The molecule has 0 aromatic heterocycles. The molecule has 1 aromatic rings. The smallest absolute Gasteiger partial charge is 0.268 e. The Bertz CT molecular complexity index is 337. The van der Waals surface area contributed by atoms with Gasteiger partial charge in [-0.3, -0.25) is 10.2 Å². The minimum absolute atomic E-state index is 0.339. The Hall–Kier alpha value is -1.55. The number of ether oxygens (including phenoxy) is 1. The fourth-order valence-corrected chi connectivity index (χ4v) is 1.17. The topological polar surface area (TPSA) is 64.3 Å². The lowest BCUT2D eigenvalue weighted by molar-refractivity contribution is 0.0950. The molecule has 4 nitrogen and oxygen atoms in total. The van der Waals surface area contributed by atoms with Gasteiger partial charge in [0.2, 0.25) is 0 Å². The molecule has 0 aliphatic rings. The third-order valence-electron chi connectivity index (χ3n) is 1.81. The number of amides is 1. The molecule has 0 saturated heterocycles. The maximum absolute atomic E-state index is 11.3. The number of hydrazine groups is 1. The van der Waals surface area contributed by atoms with Crippen molar-refractivity contribution in [3.05, 3.63) is 29.3 Å². The van der Waals surface area contributed by atoms with Gasteiger partial charge in [0.25, 0.3) is 5.91 Å². The number of carbonyl (C=O) groups is 1. The average Bonchev–Trinajstić information content (AvgIpc) is 2.17. The summed E-state index contributed by atoms with van der Waals surface area (Å²) >= 11 is 0. The molecule has 1 amide bonds. The number of carbonyl (C=O) groups excluding carboxylic acids is 1. The Balaban J connectivity index is 3.07. The van der Waals surface area contributed by atoms with Crippen LogP contribution < -0.4 is 16.0 Å². The predicted molar refractivity (Wildman–Crippen MR) is 54.0 cm³/mol. The molecule has 0 aliphatic heterocycles. The van der Waals surface area contributed by atoms with Gasteiger partial charge in [-0.15, -0.1) is 0 Å². The summed E-state index contributed by atoms with van der Waals surface area (Å²) in [4.78, 5) is 11.3. The van der Waals surface area contributed by atoms with Gasteiger partial charge >= 0.3 is 0 Å². The first-order valence-corrected chi connectivity index (χ1v) is 4.43. The minimum Gasteiger partial charge on any atom is -0.493 e. The molecule has 0 unspecified atom stereocenters. The van der Waals surface area contributed by atoms with Crippen molar-refractivity contribution in [1.82, 2.24) is 5.43 Å². The molecule has 1 aromatic carbocycles. The standard InChI is InChI=1S/C10H14N2O2/c1-3-14-9-6-7(2)4-5-8(9)10(13)12-11/h4-6H,3,11H2,1-2H3,(H,12,13). The number of hydrogen-bond acceptors (Lipinski definition) is 3. The molecule has 14 heavy (non-hydrogen) atoms. The van der Waals surface area contributed by atoms with Crippen LogP contribution in [-0.2, 0) is 0 Å². The van der Waals surface area contributed by atoms with Gasteiger partial charge < -0.3 is 4.74 Å². The summed E-state index contributed by atoms with van der Waals surface area (Å²) < 4.78 is 5.32. The van der Waals surface area contributed by atoms with E-state index < -0.39 is 0 Å². The molecule has 0 bridgehead atoms. The van der Waals surface area contributed by atoms with E-state index in [1.165, 1.54) is 0 Å². The Morgan fingerprint density at radius 3 is 2.86 bits per heavy atom. The second-order valence-electron chi connectivity index (χ2n) is 2.91. The Morgan fingerprint density at radius 2 is 2.29 bits per heavy atom. The molecule has 1 rings (SSSR count). The van der Waals surface area contributed by atoms with Crippen molar-refractivity contribution < 1.29 is 9.53 Å². The number of nitrogens with two attached hydrogens (primary N) is 1. The van der Waals surface area contributed by atoms with E-state index in [0.717, 1.165) is 5.56 Å². The quantitative estimate of drug-likeness (QED) is 0.428. The Labute approximate surface area is 83.0 Å². The second kappa shape index (κ2) is 4.62. The molecule has 0 aliphatic carbocycles. The average molecular weight is 194 g/mol. The Kier molecular flexibility index (Phi) is 3.48. The van der Waals surface area contributed by atoms with Crippen LogP contribution in [0.5, 0.6) is 5.75 Å². The van der Waals surface area contributed by atoms with Crippen molar-refractivity contribution in [2.75, 3.05) is 6.61 Å². The van der Waals surface area contributed by atoms with Crippen molar-refractivity contribution >= 4 is 5.91 Å². The molecule has 0 fully saturated rings. The minimum atomic E-state index is -0.339. The first-order chi connectivity index (χ1) is 6.69. The van der Waals surface area contributed by atoms with E-state index in [2.05, 4.69) is 5.43 Å². The number of rotatable bonds is 3. The summed E-state index contributed by atoms with van der Waals surface area (Å²) in [6, 6.07) is 5.35. The SMILES string of the molecule is CCOc1cc(C)ccc1C(=O)NN. The van der Waals surface area contributed by atoms with Crippen LogP contribution >= 0.6 is 0 Å². The maximum atomic E-state index is 11.3. The van der Waals surface area contributed by atoms with Gasteiger partial charge in [-0.2, -0.15) is 0 Å². The monoisotopic (exact) mass is 194 g/mol. The van der Waals surface area contributed by atoms with Gasteiger partial charge in [0.05, 0.1) is 12.2 Å². The van der Waals surface area contributed by atoms with Crippen LogP contribution in [0.25, 0.3) is 0 Å². The van der Waals surface area contributed by atoms with E-state index in [1.807, 2.05) is 26.0 Å². The van der Waals surface area contributed by atoms with E-state index in [1.54, 1.807) is 6.07 Å². The summed E-state index contributed by atoms with van der Waals surface area (Å²) in [5.74, 6) is 5.28. The highest BCUT2D eigenvalue weighted by molar-refractivity contribution is 5.96. The zero-order valence-electron chi connectivity index (χ0n) is 8.33. The lowest BCUT2D eigenvalue weighted by atomic mass is 10.1. The zero-order valence-corrected chi connectivity index (χ0v) is 8.33. The highest BCUT2D eigenvalue weighted by atomic mass is 16.5. The number of hydrogen-bond donors (Lipinski definition) is 2. The summed E-state index contributed by atoms with van der Waals surface area (Å²) in [5, 5.41) is 0. The largest absolute Gasteiger partial charge is 0.493 e. The normalized spacial score (nSPS) is 9.64. The summed E-state index contributed by atoms with van der Waals surface area (Å²) in [6.07, 6.45) is 0. The number of nitrogen functional groups attached to an aromatic ring is 1. The van der Waals surface area contributed by atoms with Crippen molar-refractivity contribution in [1.29, 1.82) is 0 Å². The van der Waals surface area contributed by atoms with Crippen molar-refractivity contribution in [3.8, 4) is 5.75 Å². The van der Waals surface area contributed by atoms with E-state index >= 15 is 0 Å². The highest BCUT2D eigenvalue weighted by Gasteiger charge is 2.10.